The lowest BCUT2D eigenvalue weighted by atomic mass is 10.1. The summed E-state index contributed by atoms with van der Waals surface area (Å²) in [6, 6.07) is 11.2. The Morgan fingerprint density at radius 3 is 3.04 bits per heavy atom. The molecule has 0 aliphatic carbocycles. The third kappa shape index (κ3) is 3.91. The minimum absolute atomic E-state index is 0.214. The second kappa shape index (κ2) is 7.85. The molecule has 3 heterocycles. The van der Waals surface area contributed by atoms with Gasteiger partial charge in [-0.2, -0.15) is 5.10 Å². The summed E-state index contributed by atoms with van der Waals surface area (Å²) in [6.07, 6.45) is 1.03. The van der Waals surface area contributed by atoms with Crippen LogP contribution in [0.15, 0.2) is 40.9 Å². The van der Waals surface area contributed by atoms with Crippen molar-refractivity contribution in [2.45, 2.75) is 26.1 Å². The third-order valence-electron chi connectivity index (χ3n) is 4.78. The Hall–Kier alpha value is -3.13. The van der Waals surface area contributed by atoms with E-state index in [2.05, 4.69) is 27.5 Å². The molecular formula is C20H23N5O3. The summed E-state index contributed by atoms with van der Waals surface area (Å²) in [6.45, 7) is 2.94. The summed E-state index contributed by atoms with van der Waals surface area (Å²) in [7, 11) is 3.70. The topological polar surface area (TPSA) is 85.4 Å². The number of ether oxygens (including phenoxy) is 1. The van der Waals surface area contributed by atoms with Gasteiger partial charge in [-0.3, -0.25) is 9.48 Å². The number of nitrogens with zero attached hydrogens (tertiary/aromatic N) is 4. The molecule has 1 aliphatic heterocycles. The minimum atomic E-state index is -0.214. The number of methoxy groups -OCH3 is 1. The molecule has 8 nitrogen and oxygen atoms in total. The van der Waals surface area contributed by atoms with Crippen LogP contribution < -0.4 is 10.1 Å². The van der Waals surface area contributed by atoms with Gasteiger partial charge >= 0.3 is 0 Å². The van der Waals surface area contributed by atoms with Crippen LogP contribution >= 0.6 is 0 Å². The monoisotopic (exact) mass is 381 g/mol. The van der Waals surface area contributed by atoms with E-state index < -0.39 is 0 Å². The average Bonchev–Trinajstić information content (AvgIpc) is 3.30. The quantitative estimate of drug-likeness (QED) is 0.730. The van der Waals surface area contributed by atoms with Gasteiger partial charge in [0.25, 0.3) is 5.91 Å². The maximum absolute atomic E-state index is 12.5. The molecule has 28 heavy (non-hydrogen) atoms. The van der Waals surface area contributed by atoms with Crippen LogP contribution in [0.4, 0.5) is 0 Å². The van der Waals surface area contributed by atoms with E-state index in [0.29, 0.717) is 17.1 Å². The van der Waals surface area contributed by atoms with Gasteiger partial charge < -0.3 is 19.5 Å². The second-order valence-electron chi connectivity index (χ2n) is 6.93. The van der Waals surface area contributed by atoms with Crippen LogP contribution in [-0.4, -0.2) is 46.4 Å². The summed E-state index contributed by atoms with van der Waals surface area (Å²) >= 11 is 0. The molecule has 1 N–H and O–H groups in total. The first-order valence-corrected chi connectivity index (χ1v) is 9.26. The van der Waals surface area contributed by atoms with Gasteiger partial charge in [0.1, 0.15) is 11.4 Å². The molecule has 8 heteroatoms. The molecule has 0 atom stereocenters. The standard InChI is InChI=1S/C20H23N5O3/c1-24-7-4-8-25-16(13-24)11-18(22-25)20(26)21-12-15-10-19(28-23-15)14-5-3-6-17(9-14)27-2/h3,5-6,9-11H,4,7-8,12-13H2,1-2H3,(H,21,26). The van der Waals surface area contributed by atoms with Crippen LogP contribution in [0.3, 0.4) is 0 Å². The SMILES string of the molecule is COc1cccc(-c2cc(CNC(=O)c3cc4n(n3)CCCN(C)C4)no2)c1. The molecular weight excluding hydrogens is 358 g/mol. The van der Waals surface area contributed by atoms with E-state index in [4.69, 9.17) is 9.26 Å². The molecule has 4 rings (SSSR count). The van der Waals surface area contributed by atoms with E-state index in [1.54, 1.807) is 7.11 Å². The lowest BCUT2D eigenvalue weighted by Gasteiger charge is -2.10. The van der Waals surface area contributed by atoms with Crippen molar-refractivity contribution in [2.24, 2.45) is 0 Å². The fourth-order valence-corrected chi connectivity index (χ4v) is 3.30. The number of amides is 1. The number of fused-ring (bicyclic) bond motifs is 1. The van der Waals surface area contributed by atoms with Crippen molar-refractivity contribution in [3.63, 3.8) is 0 Å². The molecule has 1 aliphatic rings. The maximum atomic E-state index is 12.5. The van der Waals surface area contributed by atoms with Crippen molar-refractivity contribution in [1.82, 2.24) is 25.2 Å². The van der Waals surface area contributed by atoms with Crippen molar-refractivity contribution >= 4 is 5.91 Å². The maximum Gasteiger partial charge on any atom is 0.272 e. The van der Waals surface area contributed by atoms with Crippen molar-refractivity contribution in [2.75, 3.05) is 20.7 Å². The molecule has 0 spiro atoms. The number of nitrogens with one attached hydrogen (secondary N) is 1. The predicted molar refractivity (Wildman–Crippen MR) is 103 cm³/mol. The van der Waals surface area contributed by atoms with Crippen LogP contribution in [-0.2, 0) is 19.6 Å². The first-order valence-electron chi connectivity index (χ1n) is 9.26. The molecule has 0 saturated heterocycles. The molecule has 0 unspecified atom stereocenters. The van der Waals surface area contributed by atoms with Gasteiger partial charge in [-0.15, -0.1) is 0 Å². The first-order chi connectivity index (χ1) is 13.6. The number of hydrogen-bond donors (Lipinski definition) is 1. The highest BCUT2D eigenvalue weighted by Crippen LogP contribution is 2.24. The van der Waals surface area contributed by atoms with Crippen molar-refractivity contribution in [1.29, 1.82) is 0 Å². The molecule has 146 valence electrons. The van der Waals surface area contributed by atoms with Gasteiger partial charge in [-0.25, -0.2) is 0 Å². The molecule has 1 aromatic carbocycles. The number of rotatable bonds is 5. The highest BCUT2D eigenvalue weighted by atomic mass is 16.5. The van der Waals surface area contributed by atoms with Crippen LogP contribution in [0, 0.1) is 0 Å². The number of carbonyl (C=O) groups is 1. The molecule has 0 fully saturated rings. The second-order valence-corrected chi connectivity index (χ2v) is 6.93. The zero-order valence-corrected chi connectivity index (χ0v) is 16.0. The smallest absolute Gasteiger partial charge is 0.272 e. The van der Waals surface area contributed by atoms with Crippen molar-refractivity contribution in [3.05, 3.63) is 53.5 Å². The average molecular weight is 381 g/mol. The number of carbonyl (C=O) groups excluding carboxylic acids is 1. The van der Waals surface area contributed by atoms with E-state index in [0.717, 1.165) is 43.1 Å². The van der Waals surface area contributed by atoms with Gasteiger partial charge in [0.05, 0.1) is 19.3 Å². The largest absolute Gasteiger partial charge is 0.497 e. The summed E-state index contributed by atoms with van der Waals surface area (Å²) in [5.74, 6) is 1.16. The van der Waals surface area contributed by atoms with Gasteiger partial charge in [-0.1, -0.05) is 17.3 Å². The van der Waals surface area contributed by atoms with E-state index in [1.165, 1.54) is 0 Å². The van der Waals surface area contributed by atoms with Crippen molar-refractivity contribution < 1.29 is 14.1 Å². The zero-order chi connectivity index (χ0) is 19.5. The van der Waals surface area contributed by atoms with Crippen LogP contribution in [0.1, 0.15) is 28.3 Å². The Balaban J connectivity index is 1.40. The molecule has 1 amide bonds. The highest BCUT2D eigenvalue weighted by molar-refractivity contribution is 5.92. The summed E-state index contributed by atoms with van der Waals surface area (Å²) in [5, 5.41) is 11.4. The first kappa shape index (κ1) is 18.2. The number of benzene rings is 1. The van der Waals surface area contributed by atoms with Gasteiger partial charge in [0.15, 0.2) is 11.5 Å². The van der Waals surface area contributed by atoms with E-state index in [-0.39, 0.29) is 12.5 Å². The molecule has 2 aromatic heterocycles. The van der Waals surface area contributed by atoms with E-state index >= 15 is 0 Å². The Morgan fingerprint density at radius 2 is 2.18 bits per heavy atom. The summed E-state index contributed by atoms with van der Waals surface area (Å²) in [5.41, 5.74) is 3.01. The molecule has 0 saturated carbocycles. The van der Waals surface area contributed by atoms with E-state index in [9.17, 15) is 4.79 Å². The minimum Gasteiger partial charge on any atom is -0.497 e. The number of aromatic nitrogens is 3. The summed E-state index contributed by atoms with van der Waals surface area (Å²) < 4.78 is 12.6. The Morgan fingerprint density at radius 1 is 1.29 bits per heavy atom. The zero-order valence-electron chi connectivity index (χ0n) is 16.0. The van der Waals surface area contributed by atoms with Crippen LogP contribution in [0.5, 0.6) is 5.75 Å². The lowest BCUT2D eigenvalue weighted by Crippen LogP contribution is -2.23. The van der Waals surface area contributed by atoms with Crippen LogP contribution in [0.2, 0.25) is 0 Å². The third-order valence-corrected chi connectivity index (χ3v) is 4.78. The fraction of sp³-hybridized carbons (Fsp3) is 0.350. The highest BCUT2D eigenvalue weighted by Gasteiger charge is 2.18. The van der Waals surface area contributed by atoms with Crippen LogP contribution in [0.25, 0.3) is 11.3 Å². The predicted octanol–water partition coefficient (Wildman–Crippen LogP) is 2.31. The fourth-order valence-electron chi connectivity index (χ4n) is 3.30. The number of aryl methyl sites for hydroxylation is 1. The Bertz CT molecular complexity index is 978. The lowest BCUT2D eigenvalue weighted by molar-refractivity contribution is 0.0944. The normalized spacial score (nSPS) is 14.4. The Labute approximate surface area is 163 Å². The van der Waals surface area contributed by atoms with Gasteiger partial charge in [-0.05, 0) is 31.7 Å². The molecule has 0 bridgehead atoms. The molecule has 0 radical (unpaired) electrons. The number of hydrogen-bond acceptors (Lipinski definition) is 6. The van der Waals surface area contributed by atoms with E-state index in [1.807, 2.05) is 41.1 Å². The van der Waals surface area contributed by atoms with Gasteiger partial charge in [0, 0.05) is 31.3 Å². The Kier molecular flexibility index (Phi) is 5.12. The van der Waals surface area contributed by atoms with Crippen molar-refractivity contribution in [3.8, 4) is 17.1 Å². The summed E-state index contributed by atoms with van der Waals surface area (Å²) in [4.78, 5) is 14.7. The van der Waals surface area contributed by atoms with Gasteiger partial charge in [0.2, 0.25) is 0 Å². The molecule has 3 aromatic rings.